The van der Waals surface area contributed by atoms with E-state index in [4.69, 9.17) is 0 Å². The predicted octanol–water partition coefficient (Wildman–Crippen LogP) is 4.89. The number of ketones is 1. The lowest BCUT2D eigenvalue weighted by molar-refractivity contribution is -0.127. The van der Waals surface area contributed by atoms with Gasteiger partial charge in [-0.3, -0.25) is 4.79 Å². The molecule has 0 aromatic heterocycles. The number of rotatable bonds is 1. The van der Waals surface area contributed by atoms with Crippen LogP contribution in [0.25, 0.3) is 0 Å². The fourth-order valence-corrected chi connectivity index (χ4v) is 8.31. The average molecular weight is 395 g/mol. The van der Waals surface area contributed by atoms with Gasteiger partial charge in [0.15, 0.2) is 0 Å². The van der Waals surface area contributed by atoms with Crippen molar-refractivity contribution < 1.29 is 9.90 Å². The Morgan fingerprint density at radius 3 is 2.62 bits per heavy atom. The van der Waals surface area contributed by atoms with Gasteiger partial charge in [0.2, 0.25) is 0 Å². The van der Waals surface area contributed by atoms with E-state index in [9.17, 15) is 9.90 Å². The maximum absolute atomic E-state index is 12.2. The van der Waals surface area contributed by atoms with Crippen LogP contribution in [0.15, 0.2) is 11.6 Å². The number of allylic oxidation sites excluding steroid dienone is 1. The second kappa shape index (κ2) is 5.67. The molecule has 0 aromatic rings. The van der Waals surface area contributed by atoms with Crippen molar-refractivity contribution in [2.24, 2.45) is 34.5 Å². The van der Waals surface area contributed by atoms with Crippen LogP contribution in [0.4, 0.5) is 0 Å². The molecule has 4 aliphatic carbocycles. The highest BCUT2D eigenvalue weighted by atomic mass is 79.9. The monoisotopic (exact) mass is 394 g/mol. The molecule has 0 radical (unpaired) electrons. The molecule has 8 atom stereocenters. The molecule has 1 N–H and O–H groups in total. The van der Waals surface area contributed by atoms with Crippen LogP contribution in [-0.2, 0) is 4.79 Å². The summed E-state index contributed by atoms with van der Waals surface area (Å²) in [5, 5.41) is 10.1. The molecule has 4 rings (SSSR count). The molecule has 0 heterocycles. The zero-order valence-electron chi connectivity index (χ0n) is 15.2. The smallest absolute Gasteiger partial charge is 0.133 e. The van der Waals surface area contributed by atoms with Gasteiger partial charge in [0.1, 0.15) is 5.78 Å². The van der Waals surface area contributed by atoms with E-state index >= 15 is 0 Å². The Balaban J connectivity index is 1.71. The van der Waals surface area contributed by atoms with Crippen LogP contribution in [0.1, 0.15) is 65.7 Å². The van der Waals surface area contributed by atoms with Crippen molar-refractivity contribution in [3.63, 3.8) is 0 Å². The Hall–Kier alpha value is -0.150. The molecule has 2 nitrogen and oxygen atoms in total. The summed E-state index contributed by atoms with van der Waals surface area (Å²) in [5.41, 5.74) is 1.97. The molecule has 3 saturated carbocycles. The summed E-state index contributed by atoms with van der Waals surface area (Å²) >= 11 is 4.01. The van der Waals surface area contributed by atoms with Crippen molar-refractivity contribution >= 4 is 21.7 Å². The molecule has 1 unspecified atom stereocenters. The molecule has 24 heavy (non-hydrogen) atoms. The average Bonchev–Trinajstić information content (AvgIpc) is 2.86. The first-order valence-corrected chi connectivity index (χ1v) is 10.7. The summed E-state index contributed by atoms with van der Waals surface area (Å²) in [6.07, 6.45) is 9.97. The lowest BCUT2D eigenvalue weighted by Gasteiger charge is -2.59. The van der Waals surface area contributed by atoms with Gasteiger partial charge in [0.05, 0.1) is 6.10 Å². The molecular weight excluding hydrogens is 364 g/mol. The SMILES string of the molecule is CC(=O)[C@H]1CC[C@H]2[C@@H]3C(Br)C=C4C[C@@H](O)CC[C@]4(C)[C@H]3CC[C@]12C. The number of hydrogen-bond acceptors (Lipinski definition) is 2. The van der Waals surface area contributed by atoms with Crippen molar-refractivity contribution in [3.8, 4) is 0 Å². The maximum Gasteiger partial charge on any atom is 0.133 e. The van der Waals surface area contributed by atoms with E-state index < -0.39 is 0 Å². The molecule has 0 spiro atoms. The summed E-state index contributed by atoms with van der Waals surface area (Å²) in [6, 6.07) is 0. The summed E-state index contributed by atoms with van der Waals surface area (Å²) in [4.78, 5) is 12.6. The Labute approximate surface area is 154 Å². The van der Waals surface area contributed by atoms with Crippen molar-refractivity contribution in [1.29, 1.82) is 0 Å². The molecule has 3 fully saturated rings. The summed E-state index contributed by atoms with van der Waals surface area (Å²) in [6.45, 7) is 6.67. The second-order valence-corrected chi connectivity index (χ2v) is 10.6. The van der Waals surface area contributed by atoms with Crippen LogP contribution >= 0.6 is 15.9 Å². The van der Waals surface area contributed by atoms with Gasteiger partial charge in [-0.2, -0.15) is 0 Å². The highest BCUT2D eigenvalue weighted by Crippen LogP contribution is 2.67. The first-order valence-electron chi connectivity index (χ1n) is 9.81. The molecule has 0 saturated heterocycles. The largest absolute Gasteiger partial charge is 0.393 e. The third-order valence-corrected chi connectivity index (χ3v) is 9.43. The van der Waals surface area contributed by atoms with Gasteiger partial charge >= 0.3 is 0 Å². The topological polar surface area (TPSA) is 37.3 Å². The van der Waals surface area contributed by atoms with Gasteiger partial charge in [-0.1, -0.05) is 41.4 Å². The third kappa shape index (κ3) is 2.26. The fourth-order valence-electron chi connectivity index (χ4n) is 7.25. The Morgan fingerprint density at radius 1 is 1.17 bits per heavy atom. The van der Waals surface area contributed by atoms with Crippen molar-refractivity contribution in [3.05, 3.63) is 11.6 Å². The summed E-state index contributed by atoms with van der Waals surface area (Å²) in [7, 11) is 0. The minimum absolute atomic E-state index is 0.150. The number of carbonyl (C=O) groups excluding carboxylic acids is 1. The maximum atomic E-state index is 12.2. The molecule has 3 heteroatoms. The van der Waals surface area contributed by atoms with E-state index in [-0.39, 0.29) is 22.9 Å². The summed E-state index contributed by atoms with van der Waals surface area (Å²) < 4.78 is 0. The van der Waals surface area contributed by atoms with E-state index in [2.05, 4.69) is 35.9 Å². The van der Waals surface area contributed by atoms with Gasteiger partial charge in [-0.25, -0.2) is 0 Å². The lowest BCUT2D eigenvalue weighted by Crippen LogP contribution is -2.53. The first kappa shape index (κ1) is 17.3. The molecule has 0 aliphatic heterocycles. The standard InChI is InChI=1S/C21H31BrO2/c1-12(23)15-4-5-16-19-17(7-9-21(15,16)3)20(2)8-6-14(24)10-13(20)11-18(19)22/h11,14-19,24H,4-10H2,1-3H3/t14-,15+,16-,17-,18?,19-,20-,21+/m0/s1. The number of alkyl halides is 1. The number of carbonyl (C=O) groups is 1. The van der Waals surface area contributed by atoms with Crippen LogP contribution < -0.4 is 0 Å². The zero-order valence-corrected chi connectivity index (χ0v) is 16.8. The van der Waals surface area contributed by atoms with Gasteiger partial charge in [-0.05, 0) is 80.5 Å². The van der Waals surface area contributed by atoms with Gasteiger partial charge in [0.25, 0.3) is 0 Å². The number of aliphatic hydroxyl groups is 1. The lowest BCUT2D eigenvalue weighted by atomic mass is 9.47. The number of Topliss-reactive ketones (excluding diaryl/α,β-unsaturated/α-hetero) is 1. The predicted molar refractivity (Wildman–Crippen MR) is 100.0 cm³/mol. The number of fused-ring (bicyclic) bond motifs is 5. The van der Waals surface area contributed by atoms with Crippen LogP contribution in [0.2, 0.25) is 0 Å². The zero-order chi connectivity index (χ0) is 17.3. The van der Waals surface area contributed by atoms with E-state index in [0.717, 1.165) is 25.7 Å². The van der Waals surface area contributed by atoms with Gasteiger partial charge < -0.3 is 5.11 Å². The van der Waals surface area contributed by atoms with Gasteiger partial charge in [0, 0.05) is 10.7 Å². The van der Waals surface area contributed by atoms with Crippen molar-refractivity contribution in [2.45, 2.75) is 76.6 Å². The Kier molecular flexibility index (Phi) is 4.08. The highest BCUT2D eigenvalue weighted by molar-refractivity contribution is 9.09. The van der Waals surface area contributed by atoms with E-state index in [1.807, 2.05) is 0 Å². The van der Waals surface area contributed by atoms with E-state index in [0.29, 0.717) is 28.4 Å². The fraction of sp³-hybridized carbons (Fsp3) is 0.857. The Bertz CT molecular complexity index is 584. The van der Waals surface area contributed by atoms with E-state index in [1.165, 1.54) is 24.8 Å². The van der Waals surface area contributed by atoms with Crippen LogP contribution in [0.5, 0.6) is 0 Å². The van der Waals surface area contributed by atoms with Crippen molar-refractivity contribution in [2.75, 3.05) is 0 Å². The number of aliphatic hydroxyl groups excluding tert-OH is 1. The third-order valence-electron chi connectivity index (χ3n) is 8.56. The molecule has 4 aliphatic rings. The highest BCUT2D eigenvalue weighted by Gasteiger charge is 2.61. The number of hydrogen-bond donors (Lipinski definition) is 1. The second-order valence-electron chi connectivity index (χ2n) is 9.53. The van der Waals surface area contributed by atoms with Crippen LogP contribution in [0, 0.1) is 34.5 Å². The normalized spacial score (nSPS) is 53.6. The van der Waals surface area contributed by atoms with Crippen LogP contribution in [-0.4, -0.2) is 21.8 Å². The number of halogens is 1. The molecule has 0 amide bonds. The quantitative estimate of drug-likeness (QED) is 0.507. The van der Waals surface area contributed by atoms with E-state index in [1.54, 1.807) is 6.92 Å². The molecule has 0 bridgehead atoms. The minimum atomic E-state index is -0.150. The van der Waals surface area contributed by atoms with Gasteiger partial charge in [-0.15, -0.1) is 0 Å². The van der Waals surface area contributed by atoms with Crippen LogP contribution in [0.3, 0.4) is 0 Å². The molecule has 134 valence electrons. The molecule has 0 aromatic carbocycles. The molecular formula is C21H31BrO2. The Morgan fingerprint density at radius 2 is 1.92 bits per heavy atom. The summed E-state index contributed by atoms with van der Waals surface area (Å²) in [5.74, 6) is 2.70. The first-order chi connectivity index (χ1) is 11.3. The minimum Gasteiger partial charge on any atom is -0.393 e. The van der Waals surface area contributed by atoms with Crippen molar-refractivity contribution in [1.82, 2.24) is 0 Å².